The molecule has 1 N–H and O–H groups in total. The van der Waals surface area contributed by atoms with Gasteiger partial charge in [-0.1, -0.05) is 26.2 Å². The van der Waals surface area contributed by atoms with Crippen LogP contribution in [0.3, 0.4) is 0 Å². The molecule has 5 bridgehead atoms. The number of hydrogen-bond acceptors (Lipinski definition) is 8. The number of fused-ring (bicyclic) bond motifs is 3. The van der Waals surface area contributed by atoms with Gasteiger partial charge in [0.05, 0.1) is 58.1 Å². The molecule has 0 aromatic heterocycles. The molecule has 17 aliphatic rings. The monoisotopic (exact) mass is 906 g/mol. The lowest BCUT2D eigenvalue weighted by atomic mass is 9.35. The molecule has 362 valence electrons. The Balaban J connectivity index is 0.745. The van der Waals surface area contributed by atoms with Crippen molar-refractivity contribution in [3.05, 3.63) is 11.8 Å². The van der Waals surface area contributed by atoms with Crippen LogP contribution in [0.4, 0.5) is 0 Å². The molecule has 13 saturated carbocycles. The van der Waals surface area contributed by atoms with Crippen LogP contribution in [0.5, 0.6) is 0 Å². The molecule has 66 heavy (non-hydrogen) atoms. The van der Waals surface area contributed by atoms with Crippen LogP contribution in [0.1, 0.15) is 110 Å². The molecule has 0 amide bonds. The predicted octanol–water partition coefficient (Wildman–Crippen LogP) is 9.22. The Bertz CT molecular complexity index is 1990. The number of rotatable bonds is 15. The molecule has 0 radical (unpaired) electrons. The van der Waals surface area contributed by atoms with E-state index in [-0.39, 0.29) is 22.5 Å². The maximum absolute atomic E-state index is 8.00. The Morgan fingerprint density at radius 3 is 2.23 bits per heavy atom. The van der Waals surface area contributed by atoms with E-state index >= 15 is 0 Å². The Morgan fingerprint density at radius 1 is 0.621 bits per heavy atom. The molecule has 0 aromatic rings. The Morgan fingerprint density at radius 2 is 1.35 bits per heavy atom. The van der Waals surface area contributed by atoms with Crippen molar-refractivity contribution < 1.29 is 33.3 Å². The molecule has 17 rings (SSSR count). The molecule has 8 heteroatoms. The molecule has 3 saturated heterocycles. The van der Waals surface area contributed by atoms with Gasteiger partial charge in [-0.05, 0) is 207 Å². The molecular formula is C58H83NO7. The first-order valence-corrected chi connectivity index (χ1v) is 29.2. The van der Waals surface area contributed by atoms with Crippen molar-refractivity contribution in [1.29, 1.82) is 0 Å². The van der Waals surface area contributed by atoms with E-state index in [1.165, 1.54) is 57.1 Å². The van der Waals surface area contributed by atoms with Gasteiger partial charge in [0.1, 0.15) is 5.60 Å². The summed E-state index contributed by atoms with van der Waals surface area (Å²) in [5.41, 5.74) is 4.61. The minimum atomic E-state index is -0.0272. The molecule has 14 aliphatic carbocycles. The fourth-order valence-corrected chi connectivity index (χ4v) is 25.7. The third-order valence-electron chi connectivity index (χ3n) is 26.3. The lowest BCUT2D eigenvalue weighted by molar-refractivity contribution is -0.250. The minimum Gasteiger partial charge on any atom is -0.498 e. The van der Waals surface area contributed by atoms with Crippen LogP contribution in [0.15, 0.2) is 11.8 Å². The zero-order valence-electron chi connectivity index (χ0n) is 40.3. The van der Waals surface area contributed by atoms with E-state index < -0.39 is 0 Å². The molecule has 16 fully saturated rings. The maximum Gasteiger partial charge on any atom is 0.100 e. The topological polar surface area (TPSA) is 76.6 Å². The quantitative estimate of drug-likeness (QED) is 0.163. The van der Waals surface area contributed by atoms with Gasteiger partial charge in [0.2, 0.25) is 0 Å². The van der Waals surface area contributed by atoms with Crippen molar-refractivity contribution in [2.75, 3.05) is 66.1 Å². The molecule has 3 aliphatic heterocycles. The number of hydrogen-bond donors (Lipinski definition) is 1. The van der Waals surface area contributed by atoms with Crippen LogP contribution in [0.2, 0.25) is 0 Å². The van der Waals surface area contributed by atoms with E-state index in [1.54, 1.807) is 25.7 Å². The van der Waals surface area contributed by atoms with E-state index in [0.717, 1.165) is 215 Å². The summed E-state index contributed by atoms with van der Waals surface area (Å²) in [6.45, 7) is 10.2. The van der Waals surface area contributed by atoms with Crippen LogP contribution in [0, 0.1) is 153 Å². The fourth-order valence-electron chi connectivity index (χ4n) is 25.7. The first kappa shape index (κ1) is 40.8. The van der Waals surface area contributed by atoms with Crippen molar-refractivity contribution in [2.45, 2.75) is 127 Å². The van der Waals surface area contributed by atoms with Gasteiger partial charge >= 0.3 is 0 Å². The van der Waals surface area contributed by atoms with E-state index in [9.17, 15) is 0 Å². The van der Waals surface area contributed by atoms with Crippen molar-refractivity contribution >= 4 is 0 Å². The summed E-state index contributed by atoms with van der Waals surface area (Å²) >= 11 is 0. The standard InChI is InChI=1S/C58H83NO7/c1-56(27-63-28-56)26-61-12-6-14-65-35-17-33(16-34(22-35)64-13-5-11-60-23-29-24-62-25-29)55-57-9-3-2-7-36-38-18-30-15-31-20-40(57)49-43(31)51-42(30)47(38)54-48-39-19-32-21-41(50(49)44(32)52(48)51)58(57,66-59-55)10-4-8-37-45(36)53(54)46(37)39/h16,29-33,35-55,59H,2-15,17-28H2,1H3. The summed E-state index contributed by atoms with van der Waals surface area (Å²) in [5.74, 6) is 25.0. The second-order valence-corrected chi connectivity index (χ2v) is 28.2. The summed E-state index contributed by atoms with van der Waals surface area (Å²) in [6.07, 6.45) is 24.8. The zero-order valence-corrected chi connectivity index (χ0v) is 40.3. The molecular weight excluding hydrogens is 823 g/mol. The fraction of sp³-hybridized carbons (Fsp3) is 0.966. The molecule has 27 atom stereocenters. The first-order chi connectivity index (χ1) is 32.5. The minimum absolute atomic E-state index is 0.0272. The lowest BCUT2D eigenvalue weighted by Crippen LogP contribution is -2.69. The van der Waals surface area contributed by atoms with Crippen LogP contribution in [-0.2, 0) is 33.3 Å². The maximum atomic E-state index is 8.00. The van der Waals surface area contributed by atoms with Crippen LogP contribution >= 0.6 is 0 Å². The van der Waals surface area contributed by atoms with Gasteiger partial charge in [0.25, 0.3) is 0 Å². The van der Waals surface area contributed by atoms with Gasteiger partial charge in [0, 0.05) is 61.4 Å². The highest BCUT2D eigenvalue weighted by atomic mass is 16.7. The molecule has 3 heterocycles. The molecule has 0 aromatic carbocycles. The van der Waals surface area contributed by atoms with E-state index in [4.69, 9.17) is 33.3 Å². The normalized spacial score (nSPS) is 60.0. The average molecular weight is 906 g/mol. The van der Waals surface area contributed by atoms with Crippen LogP contribution in [-0.4, -0.2) is 83.8 Å². The Labute approximate surface area is 395 Å². The van der Waals surface area contributed by atoms with Gasteiger partial charge < -0.3 is 28.4 Å². The summed E-state index contributed by atoms with van der Waals surface area (Å²) in [5, 5.41) is 0. The summed E-state index contributed by atoms with van der Waals surface area (Å²) in [7, 11) is 0. The summed E-state index contributed by atoms with van der Waals surface area (Å²) in [6, 6.07) is 0.336. The van der Waals surface area contributed by atoms with Crippen molar-refractivity contribution in [2.24, 2.45) is 153 Å². The van der Waals surface area contributed by atoms with Crippen LogP contribution < -0.4 is 5.48 Å². The highest BCUT2D eigenvalue weighted by molar-refractivity contribution is 5.35. The smallest absolute Gasteiger partial charge is 0.100 e. The third kappa shape index (κ3) is 5.05. The second kappa shape index (κ2) is 14.5. The summed E-state index contributed by atoms with van der Waals surface area (Å²) in [4.78, 5) is 8.00. The zero-order chi connectivity index (χ0) is 42.8. The first-order valence-electron chi connectivity index (χ1n) is 29.2. The van der Waals surface area contributed by atoms with E-state index in [0.29, 0.717) is 24.5 Å². The molecule has 27 unspecified atom stereocenters. The Hall–Kier alpha value is -0.740. The van der Waals surface area contributed by atoms with Gasteiger partial charge in [-0.15, -0.1) is 0 Å². The van der Waals surface area contributed by atoms with Gasteiger partial charge in [-0.2, -0.15) is 5.48 Å². The number of hydroxylamine groups is 1. The summed E-state index contributed by atoms with van der Waals surface area (Å²) < 4.78 is 37.1. The van der Waals surface area contributed by atoms with Crippen molar-refractivity contribution in [1.82, 2.24) is 5.48 Å². The van der Waals surface area contributed by atoms with Gasteiger partial charge in [-0.25, -0.2) is 0 Å². The van der Waals surface area contributed by atoms with Gasteiger partial charge in [0.15, 0.2) is 0 Å². The largest absolute Gasteiger partial charge is 0.498 e. The molecule has 1 spiro atoms. The Kier molecular flexibility index (Phi) is 8.95. The van der Waals surface area contributed by atoms with E-state index in [1.807, 2.05) is 0 Å². The van der Waals surface area contributed by atoms with Crippen LogP contribution in [0.25, 0.3) is 0 Å². The van der Waals surface area contributed by atoms with Crippen molar-refractivity contribution in [3.8, 4) is 0 Å². The third-order valence-corrected chi connectivity index (χ3v) is 26.3. The lowest BCUT2D eigenvalue weighted by Gasteiger charge is -2.70. The molecule has 8 nitrogen and oxygen atoms in total. The SMILES string of the molecule is CC1(COCCCOC2CC(OCCCOCC3COC3)=CC(C3NOC45CCCC6C7C8CCCCC34C3CC4CC9CC8C8C9C9C4C3C3C4C(CC%10C6C7C8C%10C49)CC35)C2)COC1. The second-order valence-electron chi connectivity index (χ2n) is 28.2. The highest BCUT2D eigenvalue weighted by Gasteiger charge is 2.87. The van der Waals surface area contributed by atoms with Crippen molar-refractivity contribution in [3.63, 3.8) is 0 Å². The van der Waals surface area contributed by atoms with E-state index in [2.05, 4.69) is 18.5 Å². The average Bonchev–Trinajstić information content (AvgIpc) is 4.09. The predicted molar refractivity (Wildman–Crippen MR) is 246 cm³/mol. The number of ether oxygens (including phenoxy) is 6. The highest BCUT2D eigenvalue weighted by Crippen LogP contribution is 2.89. The van der Waals surface area contributed by atoms with Gasteiger partial charge in [-0.3, -0.25) is 4.84 Å². The number of nitrogens with one attached hydrogen (secondary N) is 1.